The van der Waals surface area contributed by atoms with E-state index in [2.05, 4.69) is 46.4 Å². The Hall–Kier alpha value is -5.30. The van der Waals surface area contributed by atoms with Crippen molar-refractivity contribution in [2.24, 2.45) is 5.92 Å². The number of rotatable bonds is 13. The average molecular weight is 681 g/mol. The topological polar surface area (TPSA) is 136 Å². The molecular formula is C36H40N8O4S. The van der Waals surface area contributed by atoms with E-state index in [1.54, 1.807) is 15.8 Å². The highest BCUT2D eigenvalue weighted by Gasteiger charge is 2.22. The van der Waals surface area contributed by atoms with Crippen LogP contribution in [0.5, 0.6) is 17.5 Å². The second-order valence-electron chi connectivity index (χ2n) is 12.2. The standard InChI is InChI=1S/C36H40N8O4S/c1-4-5-17-47-30-10-8-9-28(20-30)44-32(19-26(42-44)18-24(2)3)41-34(46)40-27-21-37-35(38-22-27)48-29-14-12-25(13-15-29)31-23-39-36(49-31)43-16-7-6-11-33(43)45/h8-10,12-15,19-24H,4-7,11,16-18H2,1-3H3,(H2,40,41,46). The molecular weight excluding hydrogens is 641 g/mol. The molecule has 0 spiro atoms. The van der Waals surface area contributed by atoms with Gasteiger partial charge in [0.05, 0.1) is 40.9 Å². The monoisotopic (exact) mass is 680 g/mol. The molecule has 49 heavy (non-hydrogen) atoms. The summed E-state index contributed by atoms with van der Waals surface area (Å²) in [6, 6.07) is 16.7. The number of ether oxygens (including phenoxy) is 2. The van der Waals surface area contributed by atoms with Crippen molar-refractivity contribution in [3.63, 3.8) is 0 Å². The van der Waals surface area contributed by atoms with Gasteiger partial charge in [0.1, 0.15) is 17.3 Å². The van der Waals surface area contributed by atoms with E-state index in [0.717, 1.165) is 64.8 Å². The van der Waals surface area contributed by atoms with Gasteiger partial charge in [0.15, 0.2) is 5.13 Å². The van der Waals surface area contributed by atoms with Crippen LogP contribution in [0.3, 0.4) is 0 Å². The molecule has 4 heterocycles. The van der Waals surface area contributed by atoms with Gasteiger partial charge in [-0.2, -0.15) is 5.10 Å². The molecule has 254 valence electrons. The van der Waals surface area contributed by atoms with Gasteiger partial charge < -0.3 is 14.8 Å². The summed E-state index contributed by atoms with van der Waals surface area (Å²) >= 11 is 1.50. The molecule has 1 aliphatic heterocycles. The van der Waals surface area contributed by atoms with E-state index in [9.17, 15) is 9.59 Å². The summed E-state index contributed by atoms with van der Waals surface area (Å²) in [6.07, 6.45) is 10.1. The van der Waals surface area contributed by atoms with Crippen LogP contribution >= 0.6 is 11.3 Å². The minimum absolute atomic E-state index is 0.131. The molecule has 0 unspecified atom stereocenters. The fourth-order valence-electron chi connectivity index (χ4n) is 5.31. The number of benzene rings is 2. The lowest BCUT2D eigenvalue weighted by Crippen LogP contribution is -2.34. The number of amides is 3. The lowest BCUT2D eigenvalue weighted by molar-refractivity contribution is -0.119. The summed E-state index contributed by atoms with van der Waals surface area (Å²) in [5.41, 5.74) is 3.01. The van der Waals surface area contributed by atoms with E-state index >= 15 is 0 Å². The van der Waals surface area contributed by atoms with Crippen molar-refractivity contribution in [3.8, 4) is 33.6 Å². The third-order valence-electron chi connectivity index (χ3n) is 7.73. The highest BCUT2D eigenvalue weighted by Crippen LogP contribution is 2.34. The maximum absolute atomic E-state index is 13.1. The fourth-order valence-corrected chi connectivity index (χ4v) is 6.27. The van der Waals surface area contributed by atoms with Crippen LogP contribution in [0.2, 0.25) is 0 Å². The zero-order valence-electron chi connectivity index (χ0n) is 27.9. The summed E-state index contributed by atoms with van der Waals surface area (Å²) in [6.45, 7) is 7.73. The first-order valence-electron chi connectivity index (χ1n) is 16.6. The zero-order valence-corrected chi connectivity index (χ0v) is 28.7. The number of aromatic nitrogens is 5. The van der Waals surface area contributed by atoms with Crippen LogP contribution in [0.4, 0.5) is 21.4 Å². The van der Waals surface area contributed by atoms with Gasteiger partial charge in [-0.1, -0.05) is 44.6 Å². The molecule has 0 radical (unpaired) electrons. The normalized spacial score (nSPS) is 13.1. The van der Waals surface area contributed by atoms with Crippen molar-refractivity contribution in [3.05, 3.63) is 78.9 Å². The van der Waals surface area contributed by atoms with Crippen LogP contribution in [0.15, 0.2) is 73.2 Å². The molecule has 0 aliphatic carbocycles. The minimum atomic E-state index is -0.462. The van der Waals surface area contributed by atoms with Gasteiger partial charge in [-0.25, -0.2) is 24.4 Å². The van der Waals surface area contributed by atoms with E-state index in [0.29, 0.717) is 42.7 Å². The fraction of sp³-hybridized carbons (Fsp3) is 0.333. The van der Waals surface area contributed by atoms with Crippen LogP contribution in [0.25, 0.3) is 16.1 Å². The number of carbonyl (C=O) groups excluding carboxylic acids is 2. The molecule has 0 bridgehead atoms. The molecule has 2 N–H and O–H groups in total. The predicted molar refractivity (Wildman–Crippen MR) is 191 cm³/mol. The molecule has 12 nitrogen and oxygen atoms in total. The number of nitrogens with zero attached hydrogens (tertiary/aromatic N) is 6. The molecule has 0 atom stereocenters. The second-order valence-corrected chi connectivity index (χ2v) is 13.2. The van der Waals surface area contributed by atoms with Crippen LogP contribution in [0, 0.1) is 5.92 Å². The first-order chi connectivity index (χ1) is 23.8. The van der Waals surface area contributed by atoms with Crippen LogP contribution in [0.1, 0.15) is 58.6 Å². The van der Waals surface area contributed by atoms with E-state index in [-0.39, 0.29) is 11.9 Å². The van der Waals surface area contributed by atoms with Gasteiger partial charge in [0.25, 0.3) is 0 Å². The third-order valence-corrected chi connectivity index (χ3v) is 8.80. The highest BCUT2D eigenvalue weighted by atomic mass is 32.1. The Morgan fingerprint density at radius 2 is 1.80 bits per heavy atom. The summed E-state index contributed by atoms with van der Waals surface area (Å²) in [5.74, 6) is 2.36. The summed E-state index contributed by atoms with van der Waals surface area (Å²) < 4.78 is 13.5. The molecule has 3 amide bonds. The lowest BCUT2D eigenvalue weighted by Gasteiger charge is -2.23. The van der Waals surface area contributed by atoms with Crippen molar-refractivity contribution >= 4 is 39.9 Å². The van der Waals surface area contributed by atoms with E-state index in [4.69, 9.17) is 14.6 Å². The predicted octanol–water partition coefficient (Wildman–Crippen LogP) is 8.12. The SMILES string of the molecule is CCCCOc1cccc(-n2nc(CC(C)C)cc2NC(=O)Nc2cnc(Oc3ccc(-c4cnc(N5CCCCC5=O)s4)cc3)nc2)c1. The number of nitrogens with one attached hydrogen (secondary N) is 2. The largest absolute Gasteiger partial charge is 0.494 e. The number of anilines is 3. The Labute approximate surface area is 289 Å². The van der Waals surface area contributed by atoms with Gasteiger partial charge in [-0.3, -0.25) is 15.0 Å². The Morgan fingerprint density at radius 3 is 2.55 bits per heavy atom. The van der Waals surface area contributed by atoms with Crippen LogP contribution < -0.4 is 25.0 Å². The molecule has 0 saturated carbocycles. The van der Waals surface area contributed by atoms with Crippen molar-refractivity contribution in [1.82, 2.24) is 24.7 Å². The molecule has 6 rings (SSSR count). The number of hydrogen-bond acceptors (Lipinski definition) is 9. The number of hydrogen-bond donors (Lipinski definition) is 2. The summed E-state index contributed by atoms with van der Waals surface area (Å²) in [4.78, 5) is 41.1. The van der Waals surface area contributed by atoms with Gasteiger partial charge in [-0.15, -0.1) is 0 Å². The number of unbranched alkanes of at least 4 members (excludes halogenated alkanes) is 1. The maximum atomic E-state index is 13.1. The summed E-state index contributed by atoms with van der Waals surface area (Å²) in [7, 11) is 0. The van der Waals surface area contributed by atoms with E-state index in [1.807, 2.05) is 54.6 Å². The van der Waals surface area contributed by atoms with Crippen molar-refractivity contribution in [2.45, 2.75) is 59.3 Å². The number of carbonyl (C=O) groups is 2. The first-order valence-corrected chi connectivity index (χ1v) is 17.4. The molecule has 13 heteroatoms. The molecule has 1 fully saturated rings. The quantitative estimate of drug-likeness (QED) is 0.119. The summed E-state index contributed by atoms with van der Waals surface area (Å²) in [5, 5.41) is 11.2. The number of piperidine rings is 1. The lowest BCUT2D eigenvalue weighted by atomic mass is 10.1. The second kappa shape index (κ2) is 15.7. The highest BCUT2D eigenvalue weighted by molar-refractivity contribution is 7.19. The Kier molecular flexibility index (Phi) is 10.8. The smallest absolute Gasteiger partial charge is 0.324 e. The Morgan fingerprint density at radius 1 is 0.980 bits per heavy atom. The van der Waals surface area contributed by atoms with Crippen molar-refractivity contribution in [2.75, 3.05) is 28.7 Å². The maximum Gasteiger partial charge on any atom is 0.324 e. The van der Waals surface area contributed by atoms with Crippen LogP contribution in [-0.2, 0) is 11.2 Å². The van der Waals surface area contributed by atoms with Gasteiger partial charge >= 0.3 is 12.0 Å². The van der Waals surface area contributed by atoms with Gasteiger partial charge in [0.2, 0.25) is 5.91 Å². The molecule has 2 aromatic carbocycles. The molecule has 1 saturated heterocycles. The molecule has 3 aromatic heterocycles. The van der Waals surface area contributed by atoms with Gasteiger partial charge in [0, 0.05) is 31.3 Å². The molecule has 1 aliphatic rings. The van der Waals surface area contributed by atoms with Gasteiger partial charge in [-0.05, 0) is 73.6 Å². The third kappa shape index (κ3) is 8.79. The number of urea groups is 1. The molecule has 5 aromatic rings. The average Bonchev–Trinajstić information content (AvgIpc) is 3.74. The zero-order chi connectivity index (χ0) is 34.2. The van der Waals surface area contributed by atoms with Crippen molar-refractivity contribution in [1.29, 1.82) is 0 Å². The number of thiazole rings is 1. The van der Waals surface area contributed by atoms with E-state index < -0.39 is 6.03 Å². The Bertz CT molecular complexity index is 1870. The van der Waals surface area contributed by atoms with Crippen molar-refractivity contribution < 1.29 is 19.1 Å². The van der Waals surface area contributed by atoms with E-state index in [1.165, 1.54) is 23.7 Å². The van der Waals surface area contributed by atoms with Crippen LogP contribution in [-0.4, -0.2) is 49.8 Å². The minimum Gasteiger partial charge on any atom is -0.494 e. The Balaban J connectivity index is 1.07. The first kappa shape index (κ1) is 33.6.